The van der Waals surface area contributed by atoms with Crippen molar-refractivity contribution in [3.63, 3.8) is 0 Å². The molecule has 0 spiro atoms. The zero-order valence-corrected chi connectivity index (χ0v) is 18.4. The molecule has 1 saturated heterocycles. The van der Waals surface area contributed by atoms with Crippen molar-refractivity contribution in [2.75, 3.05) is 32.5 Å². The number of anilines is 1. The van der Waals surface area contributed by atoms with Crippen LogP contribution in [0.3, 0.4) is 0 Å². The monoisotopic (exact) mass is 444 g/mol. The van der Waals surface area contributed by atoms with Crippen LogP contribution in [0.1, 0.15) is 59.2 Å². The molecule has 4 amide bonds. The largest absolute Gasteiger partial charge is 0.382 e. The highest BCUT2D eigenvalue weighted by Crippen LogP contribution is 2.33. The molecule has 1 unspecified atom stereocenters. The minimum absolute atomic E-state index is 0.0434. The van der Waals surface area contributed by atoms with Crippen molar-refractivity contribution in [1.29, 1.82) is 0 Å². The third-order valence-electron chi connectivity index (χ3n) is 6.70. The number of rotatable bonds is 6. The van der Waals surface area contributed by atoms with E-state index in [0.29, 0.717) is 18.4 Å². The summed E-state index contributed by atoms with van der Waals surface area (Å²) < 4.78 is 14.7. The average molecular weight is 445 g/mol. The number of benzene rings is 1. The van der Waals surface area contributed by atoms with Gasteiger partial charge in [0.25, 0.3) is 11.8 Å². The number of hydrogen-bond donors (Lipinski definition) is 2. The minimum atomic E-state index is -1.06. The second-order valence-corrected chi connectivity index (χ2v) is 9.35. The first-order valence-corrected chi connectivity index (χ1v) is 11.2. The van der Waals surface area contributed by atoms with Gasteiger partial charge < -0.3 is 10.2 Å². The first-order valence-electron chi connectivity index (χ1n) is 11.2. The lowest BCUT2D eigenvalue weighted by molar-refractivity contribution is -0.136. The van der Waals surface area contributed by atoms with Crippen molar-refractivity contribution in [3.8, 4) is 0 Å². The highest BCUT2D eigenvalue weighted by molar-refractivity contribution is 6.23. The fourth-order valence-electron chi connectivity index (χ4n) is 5.01. The number of fused-ring (bicyclic) bond motifs is 1. The van der Waals surface area contributed by atoms with Gasteiger partial charge in [-0.25, -0.2) is 4.39 Å². The van der Waals surface area contributed by atoms with Crippen LogP contribution in [0.5, 0.6) is 0 Å². The standard InChI is InChI=1S/C23H29FN4O4/c1-27(2)12-14-5-3-13(4-6-14)11-25-18-10-16-15(9-17(18)24)22(31)28(23(16)32)19-7-8-20(29)26-21(19)30/h9-10,13-14,19,25H,3-8,11-12H2,1-2H3,(H,26,29,30)/t13-,14-,19?. The van der Waals surface area contributed by atoms with Gasteiger partial charge in [-0.1, -0.05) is 0 Å². The Hall–Kier alpha value is -2.81. The summed E-state index contributed by atoms with van der Waals surface area (Å²) in [5, 5.41) is 5.27. The molecule has 172 valence electrons. The van der Waals surface area contributed by atoms with E-state index >= 15 is 0 Å². The number of carbonyl (C=O) groups is 4. The van der Waals surface area contributed by atoms with Crippen LogP contribution in [-0.4, -0.2) is 66.7 Å². The molecule has 2 heterocycles. The van der Waals surface area contributed by atoms with Gasteiger partial charge in [-0.2, -0.15) is 0 Å². The molecule has 8 nitrogen and oxygen atoms in total. The number of carbonyl (C=O) groups excluding carboxylic acids is 4. The highest BCUT2D eigenvalue weighted by atomic mass is 19.1. The molecular formula is C23H29FN4O4. The molecule has 0 radical (unpaired) electrons. The van der Waals surface area contributed by atoms with E-state index in [0.717, 1.165) is 43.2 Å². The van der Waals surface area contributed by atoms with Gasteiger partial charge in [-0.15, -0.1) is 0 Å². The second kappa shape index (κ2) is 8.97. The summed E-state index contributed by atoms with van der Waals surface area (Å²) >= 11 is 0. The van der Waals surface area contributed by atoms with E-state index in [1.165, 1.54) is 6.07 Å². The summed E-state index contributed by atoms with van der Waals surface area (Å²) in [6.45, 7) is 1.68. The normalized spacial score (nSPS) is 25.9. The molecule has 1 aliphatic carbocycles. The quantitative estimate of drug-likeness (QED) is 0.652. The van der Waals surface area contributed by atoms with Gasteiger partial charge in [-0.3, -0.25) is 29.4 Å². The zero-order valence-electron chi connectivity index (χ0n) is 18.4. The number of nitrogens with one attached hydrogen (secondary N) is 2. The summed E-state index contributed by atoms with van der Waals surface area (Å²) in [5.41, 5.74) is 0.218. The molecule has 3 aliphatic rings. The molecule has 4 rings (SSSR count). The Morgan fingerprint density at radius 1 is 1.00 bits per heavy atom. The fourth-order valence-corrected chi connectivity index (χ4v) is 5.01. The van der Waals surface area contributed by atoms with E-state index in [-0.39, 0.29) is 29.7 Å². The van der Waals surface area contributed by atoms with Crippen LogP contribution < -0.4 is 10.6 Å². The molecule has 1 aromatic carbocycles. The van der Waals surface area contributed by atoms with Crippen molar-refractivity contribution < 1.29 is 23.6 Å². The van der Waals surface area contributed by atoms with E-state index in [1.54, 1.807) is 0 Å². The molecule has 0 bridgehead atoms. The Bertz CT molecular complexity index is 956. The maximum absolute atomic E-state index is 14.7. The summed E-state index contributed by atoms with van der Waals surface area (Å²) in [6, 6.07) is 1.38. The first kappa shape index (κ1) is 22.4. The summed E-state index contributed by atoms with van der Waals surface area (Å²) in [5.74, 6) is -1.93. The highest BCUT2D eigenvalue weighted by Gasteiger charge is 2.45. The number of hydrogen-bond acceptors (Lipinski definition) is 6. The van der Waals surface area contributed by atoms with Crippen LogP contribution in [0, 0.1) is 17.7 Å². The number of nitrogens with zero attached hydrogens (tertiary/aromatic N) is 2. The Kier molecular flexibility index (Phi) is 6.28. The SMILES string of the molecule is CN(C)C[C@H]1CC[C@H](CNc2cc3c(cc2F)C(=O)N(C2CCC(=O)NC2=O)C3=O)CC1. The van der Waals surface area contributed by atoms with Gasteiger partial charge >= 0.3 is 0 Å². The molecule has 0 aromatic heterocycles. The van der Waals surface area contributed by atoms with E-state index in [1.807, 2.05) is 0 Å². The fraction of sp³-hybridized carbons (Fsp3) is 0.565. The van der Waals surface area contributed by atoms with Gasteiger partial charge in [0.1, 0.15) is 11.9 Å². The first-order chi connectivity index (χ1) is 15.2. The molecule has 1 aromatic rings. The molecule has 32 heavy (non-hydrogen) atoms. The molecule has 9 heteroatoms. The molecule has 1 atom stereocenters. The third kappa shape index (κ3) is 4.39. The van der Waals surface area contributed by atoms with Crippen LogP contribution >= 0.6 is 0 Å². The summed E-state index contributed by atoms with van der Waals surface area (Å²) in [4.78, 5) is 52.3. The van der Waals surface area contributed by atoms with E-state index in [2.05, 4.69) is 29.6 Å². The maximum atomic E-state index is 14.7. The van der Waals surface area contributed by atoms with Crippen molar-refractivity contribution >= 4 is 29.3 Å². The summed E-state index contributed by atoms with van der Waals surface area (Å²) in [6.07, 6.45) is 4.54. The average Bonchev–Trinajstić information content (AvgIpc) is 2.97. The topological polar surface area (TPSA) is 98.8 Å². The Morgan fingerprint density at radius 2 is 1.62 bits per heavy atom. The minimum Gasteiger partial charge on any atom is -0.382 e. The second-order valence-electron chi connectivity index (χ2n) is 9.35. The van der Waals surface area contributed by atoms with Crippen molar-refractivity contribution in [3.05, 3.63) is 29.1 Å². The zero-order chi connectivity index (χ0) is 23.0. The van der Waals surface area contributed by atoms with Crippen LogP contribution in [0.4, 0.5) is 10.1 Å². The molecule has 2 N–H and O–H groups in total. The number of piperidine rings is 1. The van der Waals surface area contributed by atoms with Gasteiger partial charge in [0.2, 0.25) is 11.8 Å². The van der Waals surface area contributed by atoms with E-state index in [9.17, 15) is 23.6 Å². The Morgan fingerprint density at radius 3 is 2.25 bits per heavy atom. The van der Waals surface area contributed by atoms with E-state index in [4.69, 9.17) is 0 Å². The van der Waals surface area contributed by atoms with Gasteiger partial charge in [0, 0.05) is 19.5 Å². The Labute approximate surface area is 186 Å². The lowest BCUT2D eigenvalue weighted by atomic mass is 9.82. The number of imide groups is 2. The van der Waals surface area contributed by atoms with Crippen molar-refractivity contribution in [2.45, 2.75) is 44.6 Å². The molecule has 2 aliphatic heterocycles. The lowest BCUT2D eigenvalue weighted by Gasteiger charge is -2.30. The van der Waals surface area contributed by atoms with Gasteiger partial charge in [-0.05, 0) is 70.2 Å². The molecule has 1 saturated carbocycles. The number of amides is 4. The van der Waals surface area contributed by atoms with Gasteiger partial charge in [0.15, 0.2) is 0 Å². The predicted molar refractivity (Wildman–Crippen MR) is 116 cm³/mol. The maximum Gasteiger partial charge on any atom is 0.262 e. The van der Waals surface area contributed by atoms with Crippen molar-refractivity contribution in [1.82, 2.24) is 15.1 Å². The smallest absolute Gasteiger partial charge is 0.262 e. The summed E-state index contributed by atoms with van der Waals surface area (Å²) in [7, 11) is 4.16. The van der Waals surface area contributed by atoms with Crippen LogP contribution in [0.25, 0.3) is 0 Å². The predicted octanol–water partition coefficient (Wildman–Crippen LogP) is 2.01. The van der Waals surface area contributed by atoms with E-state index < -0.39 is 35.5 Å². The van der Waals surface area contributed by atoms with Gasteiger partial charge in [0.05, 0.1) is 16.8 Å². The molecular weight excluding hydrogens is 415 g/mol. The third-order valence-corrected chi connectivity index (χ3v) is 6.70. The van der Waals surface area contributed by atoms with Crippen molar-refractivity contribution in [2.24, 2.45) is 11.8 Å². The van der Waals surface area contributed by atoms with Crippen LogP contribution in [0.15, 0.2) is 12.1 Å². The van der Waals surface area contributed by atoms with Crippen LogP contribution in [0.2, 0.25) is 0 Å². The number of halogens is 1. The Balaban J connectivity index is 1.42. The molecule has 2 fully saturated rings. The van der Waals surface area contributed by atoms with Crippen LogP contribution in [-0.2, 0) is 9.59 Å². The lowest BCUT2D eigenvalue weighted by Crippen LogP contribution is -2.54.